The zero-order valence-electron chi connectivity index (χ0n) is 12.5. The number of benzene rings is 1. The maximum atomic E-state index is 12.7. The maximum Gasteiger partial charge on any atom is 0.286 e. The summed E-state index contributed by atoms with van der Waals surface area (Å²) in [5.74, 6) is 0.377. The van der Waals surface area contributed by atoms with Gasteiger partial charge in [-0.1, -0.05) is 19.4 Å². The molecule has 0 N–H and O–H groups in total. The molecule has 1 aromatic carbocycles. The van der Waals surface area contributed by atoms with Crippen molar-refractivity contribution in [2.75, 3.05) is 6.61 Å². The Kier molecular flexibility index (Phi) is 4.67. The van der Waals surface area contributed by atoms with E-state index in [0.717, 1.165) is 22.5 Å². The molecule has 0 fully saturated rings. The molecule has 1 heterocycles. The molecule has 5 nitrogen and oxygen atoms in total. The molecular formula is C15H20N2O3S. The van der Waals surface area contributed by atoms with E-state index in [1.807, 2.05) is 13.0 Å². The normalized spacial score (nSPS) is 11.6. The van der Waals surface area contributed by atoms with E-state index in [-0.39, 0.29) is 4.90 Å². The smallest absolute Gasteiger partial charge is 0.286 e. The van der Waals surface area contributed by atoms with Crippen molar-refractivity contribution in [2.24, 2.45) is 0 Å². The lowest BCUT2D eigenvalue weighted by molar-refractivity contribution is 0.301. The Morgan fingerprint density at radius 2 is 2.00 bits per heavy atom. The van der Waals surface area contributed by atoms with Crippen LogP contribution in [0.3, 0.4) is 0 Å². The molecule has 2 rings (SSSR count). The Hall–Kier alpha value is -1.82. The quantitative estimate of drug-likeness (QED) is 0.770. The fourth-order valence-electron chi connectivity index (χ4n) is 1.89. The van der Waals surface area contributed by atoms with Gasteiger partial charge >= 0.3 is 0 Å². The molecule has 2 aromatic rings. The second-order valence-corrected chi connectivity index (χ2v) is 6.75. The first-order chi connectivity index (χ1) is 9.95. The number of rotatable bonds is 6. The third-order valence-electron chi connectivity index (χ3n) is 3.08. The molecule has 0 aliphatic heterocycles. The van der Waals surface area contributed by atoms with Crippen LogP contribution in [-0.4, -0.2) is 24.2 Å². The fraction of sp³-hybridized carbons (Fsp3) is 0.400. The third-order valence-corrected chi connectivity index (χ3v) is 4.65. The second-order valence-electron chi connectivity index (χ2n) is 4.99. The topological polar surface area (TPSA) is 61.2 Å². The van der Waals surface area contributed by atoms with E-state index in [4.69, 9.17) is 4.74 Å². The number of ether oxygens (including phenoxy) is 1. The van der Waals surface area contributed by atoms with Gasteiger partial charge in [0.05, 0.1) is 12.3 Å². The van der Waals surface area contributed by atoms with Gasteiger partial charge in [-0.3, -0.25) is 0 Å². The molecule has 1 aromatic heterocycles. The molecule has 0 radical (unpaired) electrons. The predicted octanol–water partition coefficient (Wildman–Crippen LogP) is 2.92. The van der Waals surface area contributed by atoms with Gasteiger partial charge in [0.25, 0.3) is 10.0 Å². The standard InChI is InChI=1S/C15H20N2O3S/c1-4-5-10-20-14-7-6-12(2)11-15(14)21(18,19)17-9-8-13(3)16-17/h6-9,11H,4-5,10H2,1-3H3. The van der Waals surface area contributed by atoms with Gasteiger partial charge in [0.2, 0.25) is 0 Å². The molecule has 0 amide bonds. The van der Waals surface area contributed by atoms with E-state index >= 15 is 0 Å². The highest BCUT2D eigenvalue weighted by Crippen LogP contribution is 2.27. The fourth-order valence-corrected chi connectivity index (χ4v) is 3.27. The summed E-state index contributed by atoms with van der Waals surface area (Å²) in [6, 6.07) is 6.82. The van der Waals surface area contributed by atoms with Gasteiger partial charge in [-0.15, -0.1) is 0 Å². The first kappa shape index (κ1) is 15.6. The van der Waals surface area contributed by atoms with Gasteiger partial charge in [-0.2, -0.15) is 17.6 Å². The lowest BCUT2D eigenvalue weighted by atomic mass is 10.2. The number of unbranched alkanes of at least 4 members (excludes halogenated alkanes) is 1. The Labute approximate surface area is 125 Å². The van der Waals surface area contributed by atoms with Crippen LogP contribution in [0.25, 0.3) is 0 Å². The SMILES string of the molecule is CCCCOc1ccc(C)cc1S(=O)(=O)n1ccc(C)n1. The van der Waals surface area contributed by atoms with E-state index < -0.39 is 10.0 Å². The minimum atomic E-state index is -3.73. The summed E-state index contributed by atoms with van der Waals surface area (Å²) in [5, 5.41) is 4.00. The average molecular weight is 308 g/mol. The molecule has 0 saturated carbocycles. The average Bonchev–Trinajstić information content (AvgIpc) is 2.88. The monoisotopic (exact) mass is 308 g/mol. The van der Waals surface area contributed by atoms with Crippen LogP contribution < -0.4 is 4.74 Å². The number of hydrogen-bond donors (Lipinski definition) is 0. The zero-order valence-corrected chi connectivity index (χ0v) is 13.4. The Morgan fingerprint density at radius 1 is 1.24 bits per heavy atom. The van der Waals surface area contributed by atoms with E-state index in [9.17, 15) is 8.42 Å². The van der Waals surface area contributed by atoms with Gasteiger partial charge in [-0.05, 0) is 44.0 Å². The summed E-state index contributed by atoms with van der Waals surface area (Å²) in [6.45, 7) is 6.16. The van der Waals surface area contributed by atoms with Crippen LogP contribution in [0, 0.1) is 13.8 Å². The summed E-state index contributed by atoms with van der Waals surface area (Å²) in [7, 11) is -3.73. The molecule has 0 atom stereocenters. The summed E-state index contributed by atoms with van der Waals surface area (Å²) in [6.07, 6.45) is 3.32. The summed E-state index contributed by atoms with van der Waals surface area (Å²) in [5.41, 5.74) is 1.51. The van der Waals surface area contributed by atoms with Gasteiger partial charge in [0.15, 0.2) is 0 Å². The third kappa shape index (κ3) is 3.44. The highest BCUT2D eigenvalue weighted by molar-refractivity contribution is 7.90. The van der Waals surface area contributed by atoms with Crippen molar-refractivity contribution in [3.8, 4) is 5.75 Å². The van der Waals surface area contributed by atoms with Crippen molar-refractivity contribution in [3.05, 3.63) is 41.7 Å². The lowest BCUT2D eigenvalue weighted by Crippen LogP contribution is -2.15. The van der Waals surface area contributed by atoms with Crippen molar-refractivity contribution in [3.63, 3.8) is 0 Å². The van der Waals surface area contributed by atoms with Crippen molar-refractivity contribution in [1.82, 2.24) is 9.19 Å². The lowest BCUT2D eigenvalue weighted by Gasteiger charge is -2.12. The minimum Gasteiger partial charge on any atom is -0.492 e. The van der Waals surface area contributed by atoms with Crippen LogP contribution in [0.2, 0.25) is 0 Å². The van der Waals surface area contributed by atoms with Crippen molar-refractivity contribution >= 4 is 10.0 Å². The number of hydrogen-bond acceptors (Lipinski definition) is 4. The Morgan fingerprint density at radius 3 is 2.62 bits per heavy atom. The van der Waals surface area contributed by atoms with Crippen LogP contribution in [0.1, 0.15) is 31.0 Å². The molecule has 0 aliphatic carbocycles. The van der Waals surface area contributed by atoms with Gasteiger partial charge in [0, 0.05) is 6.20 Å². The second kappa shape index (κ2) is 6.30. The van der Waals surface area contributed by atoms with Gasteiger partial charge < -0.3 is 4.74 Å². The van der Waals surface area contributed by atoms with Crippen molar-refractivity contribution in [2.45, 2.75) is 38.5 Å². The highest BCUT2D eigenvalue weighted by Gasteiger charge is 2.23. The molecule has 6 heteroatoms. The Balaban J connectivity index is 2.43. The predicted molar refractivity (Wildman–Crippen MR) is 81.1 cm³/mol. The highest BCUT2D eigenvalue weighted by atomic mass is 32.2. The number of nitrogens with zero attached hydrogens (tertiary/aromatic N) is 2. The van der Waals surface area contributed by atoms with Crippen LogP contribution >= 0.6 is 0 Å². The van der Waals surface area contributed by atoms with E-state index in [1.54, 1.807) is 25.1 Å². The van der Waals surface area contributed by atoms with Crippen molar-refractivity contribution < 1.29 is 13.2 Å². The first-order valence-electron chi connectivity index (χ1n) is 6.96. The molecular weight excluding hydrogens is 288 g/mol. The van der Waals surface area contributed by atoms with E-state index in [1.165, 1.54) is 6.20 Å². The van der Waals surface area contributed by atoms with E-state index in [2.05, 4.69) is 12.0 Å². The van der Waals surface area contributed by atoms with Crippen LogP contribution in [0.4, 0.5) is 0 Å². The summed E-state index contributed by atoms with van der Waals surface area (Å²) >= 11 is 0. The van der Waals surface area contributed by atoms with Crippen molar-refractivity contribution in [1.29, 1.82) is 0 Å². The minimum absolute atomic E-state index is 0.154. The molecule has 21 heavy (non-hydrogen) atoms. The number of aromatic nitrogens is 2. The Bertz CT molecular complexity index is 720. The van der Waals surface area contributed by atoms with Crippen LogP contribution in [0.5, 0.6) is 5.75 Å². The van der Waals surface area contributed by atoms with Crippen LogP contribution in [0.15, 0.2) is 35.4 Å². The zero-order chi connectivity index (χ0) is 15.5. The molecule has 0 bridgehead atoms. The first-order valence-corrected chi connectivity index (χ1v) is 8.40. The van der Waals surface area contributed by atoms with E-state index in [0.29, 0.717) is 18.1 Å². The molecule has 114 valence electrons. The number of aryl methyl sites for hydroxylation is 2. The molecule has 0 unspecified atom stereocenters. The molecule has 0 spiro atoms. The van der Waals surface area contributed by atoms with Crippen LogP contribution in [-0.2, 0) is 10.0 Å². The van der Waals surface area contributed by atoms with Gasteiger partial charge in [-0.25, -0.2) is 0 Å². The maximum absolute atomic E-state index is 12.7. The molecule has 0 aliphatic rings. The largest absolute Gasteiger partial charge is 0.492 e. The summed E-state index contributed by atoms with van der Waals surface area (Å²) < 4.78 is 32.0. The van der Waals surface area contributed by atoms with Gasteiger partial charge in [0.1, 0.15) is 10.6 Å². The molecule has 0 saturated heterocycles. The summed E-state index contributed by atoms with van der Waals surface area (Å²) in [4.78, 5) is 0.154.